The summed E-state index contributed by atoms with van der Waals surface area (Å²) in [5.74, 6) is -1.11. The summed E-state index contributed by atoms with van der Waals surface area (Å²) in [6, 6.07) is 1.61. The molecule has 130 valence electrons. The first kappa shape index (κ1) is 17.7. The van der Waals surface area contributed by atoms with Crippen LogP contribution >= 0.6 is 0 Å². The number of aryl methyl sites for hydroxylation is 3. The minimum atomic E-state index is -0.921. The van der Waals surface area contributed by atoms with Crippen LogP contribution in [-0.2, 0) is 24.4 Å². The molecule has 2 aromatic heterocycles. The van der Waals surface area contributed by atoms with Gasteiger partial charge in [0, 0.05) is 37.6 Å². The van der Waals surface area contributed by atoms with Crippen molar-refractivity contribution < 1.29 is 14.7 Å². The zero-order valence-corrected chi connectivity index (χ0v) is 14.5. The van der Waals surface area contributed by atoms with Crippen LogP contribution in [0.5, 0.6) is 0 Å². The van der Waals surface area contributed by atoms with Crippen molar-refractivity contribution in [3.05, 3.63) is 34.9 Å². The molecule has 8 heteroatoms. The molecule has 0 aliphatic carbocycles. The van der Waals surface area contributed by atoms with Gasteiger partial charge < -0.3 is 10.0 Å². The molecule has 0 spiro atoms. The maximum absolute atomic E-state index is 12.7. The molecule has 0 aliphatic rings. The van der Waals surface area contributed by atoms with E-state index in [0.717, 1.165) is 23.5 Å². The van der Waals surface area contributed by atoms with Gasteiger partial charge in [-0.1, -0.05) is 0 Å². The van der Waals surface area contributed by atoms with Gasteiger partial charge in [0.1, 0.15) is 5.69 Å². The smallest absolute Gasteiger partial charge is 0.305 e. The number of aliphatic carboxylic acids is 1. The fraction of sp³-hybridized carbons (Fsp3) is 0.500. The van der Waals surface area contributed by atoms with Crippen LogP contribution in [-0.4, -0.2) is 48.5 Å². The third kappa shape index (κ3) is 3.64. The van der Waals surface area contributed by atoms with Crippen LogP contribution in [0.1, 0.15) is 40.8 Å². The summed E-state index contributed by atoms with van der Waals surface area (Å²) >= 11 is 0. The van der Waals surface area contributed by atoms with Gasteiger partial charge in [0.2, 0.25) is 0 Å². The second-order valence-corrected chi connectivity index (χ2v) is 5.71. The van der Waals surface area contributed by atoms with E-state index < -0.39 is 5.97 Å². The Bertz CT molecular complexity index is 747. The van der Waals surface area contributed by atoms with Crippen LogP contribution in [0.2, 0.25) is 0 Å². The maximum atomic E-state index is 12.7. The third-order valence-electron chi connectivity index (χ3n) is 4.05. The molecule has 0 radical (unpaired) electrons. The number of amides is 1. The molecule has 0 saturated heterocycles. The Morgan fingerprint density at radius 3 is 2.58 bits per heavy atom. The minimum absolute atomic E-state index is 0.0762. The number of rotatable bonds is 7. The lowest BCUT2D eigenvalue weighted by Gasteiger charge is -2.18. The first-order valence-electron chi connectivity index (χ1n) is 7.87. The van der Waals surface area contributed by atoms with Gasteiger partial charge in [0.15, 0.2) is 0 Å². The molecule has 1 N–H and O–H groups in total. The van der Waals surface area contributed by atoms with Gasteiger partial charge >= 0.3 is 5.97 Å². The Kier molecular flexibility index (Phi) is 5.38. The number of hydrogen-bond acceptors (Lipinski definition) is 4. The summed E-state index contributed by atoms with van der Waals surface area (Å²) in [4.78, 5) is 25.0. The van der Waals surface area contributed by atoms with Gasteiger partial charge in [-0.2, -0.15) is 10.2 Å². The number of carboxylic acids is 1. The molecule has 8 nitrogen and oxygen atoms in total. The largest absolute Gasteiger partial charge is 0.481 e. The van der Waals surface area contributed by atoms with E-state index in [0.29, 0.717) is 12.2 Å². The van der Waals surface area contributed by atoms with Crippen molar-refractivity contribution in [1.29, 1.82) is 0 Å². The lowest BCUT2D eigenvalue weighted by molar-refractivity contribution is -0.137. The molecule has 1 amide bonds. The predicted molar refractivity (Wildman–Crippen MR) is 87.7 cm³/mol. The maximum Gasteiger partial charge on any atom is 0.305 e. The molecular weight excluding hydrogens is 310 g/mol. The molecule has 0 unspecified atom stereocenters. The Balaban J connectivity index is 2.15. The summed E-state index contributed by atoms with van der Waals surface area (Å²) in [5, 5.41) is 17.3. The Labute approximate surface area is 140 Å². The molecule has 0 bridgehead atoms. The number of carboxylic acid groups (broad SMARTS) is 1. The lowest BCUT2D eigenvalue weighted by atomic mass is 10.2. The van der Waals surface area contributed by atoms with Gasteiger partial charge in [-0.05, 0) is 26.8 Å². The fourth-order valence-electron chi connectivity index (χ4n) is 2.67. The highest BCUT2D eigenvalue weighted by atomic mass is 16.4. The van der Waals surface area contributed by atoms with Crippen molar-refractivity contribution in [3.8, 4) is 0 Å². The quantitative estimate of drug-likeness (QED) is 0.828. The summed E-state index contributed by atoms with van der Waals surface area (Å²) < 4.78 is 3.35. The van der Waals surface area contributed by atoms with Crippen LogP contribution in [0, 0.1) is 13.8 Å². The van der Waals surface area contributed by atoms with Gasteiger partial charge in [-0.3, -0.25) is 19.0 Å². The Morgan fingerprint density at radius 1 is 1.29 bits per heavy atom. The number of carbonyl (C=O) groups excluding carboxylic acids is 1. The third-order valence-corrected chi connectivity index (χ3v) is 4.05. The highest BCUT2D eigenvalue weighted by molar-refractivity contribution is 5.92. The fourth-order valence-corrected chi connectivity index (χ4v) is 2.67. The number of nitrogens with zero attached hydrogens (tertiary/aromatic N) is 5. The monoisotopic (exact) mass is 333 g/mol. The Morgan fingerprint density at radius 2 is 2.00 bits per heavy atom. The standard InChI is InChI=1S/C16H23N5O3/c1-5-20-12(3)13(11(2)18-20)10-19(4)16(24)14-6-8-17-21(14)9-7-15(22)23/h6,8H,5,7,9-10H2,1-4H3,(H,22,23). The number of hydrogen-bond donors (Lipinski definition) is 1. The number of carbonyl (C=O) groups is 2. The van der Waals surface area contributed by atoms with E-state index in [2.05, 4.69) is 10.2 Å². The van der Waals surface area contributed by atoms with E-state index >= 15 is 0 Å². The lowest BCUT2D eigenvalue weighted by Crippen LogP contribution is -2.29. The molecule has 0 aromatic carbocycles. The minimum Gasteiger partial charge on any atom is -0.481 e. The highest BCUT2D eigenvalue weighted by Crippen LogP contribution is 2.16. The van der Waals surface area contributed by atoms with Crippen molar-refractivity contribution >= 4 is 11.9 Å². The normalized spacial score (nSPS) is 10.8. The van der Waals surface area contributed by atoms with Crippen LogP contribution in [0.3, 0.4) is 0 Å². The van der Waals surface area contributed by atoms with Crippen molar-refractivity contribution in [2.45, 2.75) is 46.8 Å². The molecule has 0 atom stereocenters. The predicted octanol–water partition coefficient (Wildman–Crippen LogP) is 1.46. The topological polar surface area (TPSA) is 93.3 Å². The molecule has 0 aliphatic heterocycles. The summed E-state index contributed by atoms with van der Waals surface area (Å²) in [6.07, 6.45) is 1.43. The van der Waals surface area contributed by atoms with Gasteiger partial charge in [0.05, 0.1) is 18.7 Å². The average molecular weight is 333 g/mol. The van der Waals surface area contributed by atoms with Gasteiger partial charge in [-0.25, -0.2) is 0 Å². The van der Waals surface area contributed by atoms with E-state index in [4.69, 9.17) is 5.11 Å². The first-order chi connectivity index (χ1) is 11.3. The zero-order chi connectivity index (χ0) is 17.9. The van der Waals surface area contributed by atoms with Crippen molar-refractivity contribution in [2.24, 2.45) is 0 Å². The summed E-state index contributed by atoms with van der Waals surface area (Å²) in [6.45, 7) is 7.35. The molecule has 0 saturated carbocycles. The van der Waals surface area contributed by atoms with Gasteiger partial charge in [-0.15, -0.1) is 0 Å². The van der Waals surface area contributed by atoms with Crippen LogP contribution in [0.15, 0.2) is 12.3 Å². The van der Waals surface area contributed by atoms with E-state index in [1.54, 1.807) is 18.0 Å². The molecule has 2 heterocycles. The average Bonchev–Trinajstić information content (AvgIpc) is 3.11. The van der Waals surface area contributed by atoms with E-state index in [-0.39, 0.29) is 18.9 Å². The molecule has 2 aromatic rings. The van der Waals surface area contributed by atoms with Crippen LogP contribution in [0.4, 0.5) is 0 Å². The van der Waals surface area contributed by atoms with Gasteiger partial charge in [0.25, 0.3) is 5.91 Å². The SMILES string of the molecule is CCn1nc(C)c(CN(C)C(=O)c2ccnn2CCC(=O)O)c1C. The van der Waals surface area contributed by atoms with E-state index in [1.165, 1.54) is 10.9 Å². The summed E-state index contributed by atoms with van der Waals surface area (Å²) in [7, 11) is 1.72. The number of aromatic nitrogens is 4. The second kappa shape index (κ2) is 7.29. The first-order valence-corrected chi connectivity index (χ1v) is 7.87. The molecule has 0 fully saturated rings. The van der Waals surface area contributed by atoms with Crippen LogP contribution < -0.4 is 0 Å². The van der Waals surface area contributed by atoms with Crippen molar-refractivity contribution in [2.75, 3.05) is 7.05 Å². The highest BCUT2D eigenvalue weighted by Gasteiger charge is 2.20. The second-order valence-electron chi connectivity index (χ2n) is 5.71. The molecular formula is C16H23N5O3. The van der Waals surface area contributed by atoms with E-state index in [9.17, 15) is 9.59 Å². The summed E-state index contributed by atoms with van der Waals surface area (Å²) in [5.41, 5.74) is 3.38. The van der Waals surface area contributed by atoms with Crippen molar-refractivity contribution in [1.82, 2.24) is 24.5 Å². The van der Waals surface area contributed by atoms with E-state index in [1.807, 2.05) is 25.5 Å². The molecule has 24 heavy (non-hydrogen) atoms. The van der Waals surface area contributed by atoms with Crippen LogP contribution in [0.25, 0.3) is 0 Å². The Hall–Kier alpha value is -2.64. The van der Waals surface area contributed by atoms with Crippen molar-refractivity contribution in [3.63, 3.8) is 0 Å². The zero-order valence-electron chi connectivity index (χ0n) is 14.5. The molecule has 2 rings (SSSR count).